The molecule has 0 aliphatic carbocycles. The average molecular weight is 151 g/mol. The minimum atomic E-state index is -0.677. The molecule has 4 nitrogen and oxygen atoms in total. The van der Waals surface area contributed by atoms with Crippen LogP contribution in [0.15, 0.2) is 0 Å². The van der Waals surface area contributed by atoms with E-state index in [9.17, 15) is 0 Å². The summed E-state index contributed by atoms with van der Waals surface area (Å²) in [6, 6.07) is 0. The lowest BCUT2D eigenvalue weighted by atomic mass is 10.7. The Morgan fingerprint density at radius 3 is 2.10 bits per heavy atom. The number of hydrogen-bond donors (Lipinski definition) is 3. The van der Waals surface area contributed by atoms with Crippen molar-refractivity contribution < 1.29 is 14.9 Å². The van der Waals surface area contributed by atoms with E-state index in [0.717, 1.165) is 0 Å². The third-order valence-corrected chi connectivity index (χ3v) is 0.477. The Kier molecular flexibility index (Phi) is 14.5. The largest absolute Gasteiger partial charge is 0.397 e. The van der Waals surface area contributed by atoms with E-state index in [2.05, 4.69) is 4.74 Å². The normalized spacial score (nSPS) is 11.7. The molecule has 0 saturated carbocycles. The van der Waals surface area contributed by atoms with Gasteiger partial charge in [-0.15, -0.1) is 0 Å². The van der Waals surface area contributed by atoms with Gasteiger partial charge in [0.1, 0.15) is 0 Å². The molecular formula is C6H17NO3. The highest BCUT2D eigenvalue weighted by Crippen LogP contribution is 1.78. The fourth-order valence-electron chi connectivity index (χ4n) is 0.239. The van der Waals surface area contributed by atoms with E-state index in [4.69, 9.17) is 15.9 Å². The van der Waals surface area contributed by atoms with Crippen LogP contribution in [0, 0.1) is 0 Å². The number of ether oxygens (including phenoxy) is 1. The van der Waals surface area contributed by atoms with Crippen molar-refractivity contribution in [2.75, 3.05) is 19.8 Å². The highest BCUT2D eigenvalue weighted by molar-refractivity contribution is 4.29. The van der Waals surface area contributed by atoms with Gasteiger partial charge in [-0.05, 0) is 13.8 Å². The van der Waals surface area contributed by atoms with Crippen molar-refractivity contribution in [2.45, 2.75) is 20.1 Å². The monoisotopic (exact) mass is 151 g/mol. The van der Waals surface area contributed by atoms with E-state index in [1.807, 2.05) is 0 Å². The van der Waals surface area contributed by atoms with Gasteiger partial charge in [0.2, 0.25) is 0 Å². The zero-order chi connectivity index (χ0) is 8.41. The van der Waals surface area contributed by atoms with Crippen molar-refractivity contribution in [3.63, 3.8) is 0 Å². The van der Waals surface area contributed by atoms with Crippen molar-refractivity contribution >= 4 is 0 Å². The van der Waals surface area contributed by atoms with Crippen LogP contribution < -0.4 is 5.73 Å². The highest BCUT2D eigenvalue weighted by atomic mass is 16.6. The lowest BCUT2D eigenvalue weighted by Crippen LogP contribution is -2.14. The highest BCUT2D eigenvalue weighted by Gasteiger charge is 1.88. The molecule has 10 heavy (non-hydrogen) atoms. The molecule has 0 aromatic heterocycles. The van der Waals surface area contributed by atoms with Crippen molar-refractivity contribution in [1.82, 2.24) is 0 Å². The lowest BCUT2D eigenvalue weighted by Gasteiger charge is -2.02. The van der Waals surface area contributed by atoms with Crippen molar-refractivity contribution in [3.8, 4) is 0 Å². The maximum atomic E-state index is 8.41. The molecule has 0 aromatic rings. The van der Waals surface area contributed by atoms with Crippen LogP contribution in [-0.2, 0) is 4.74 Å². The molecule has 4 heteroatoms. The molecule has 64 valence electrons. The summed E-state index contributed by atoms with van der Waals surface area (Å²) < 4.78 is 4.62. The van der Waals surface area contributed by atoms with E-state index in [1.165, 1.54) is 0 Å². The quantitative estimate of drug-likeness (QED) is 0.466. The minimum Gasteiger partial charge on any atom is -0.397 e. The first-order valence-electron chi connectivity index (χ1n) is 3.29. The molecule has 1 atom stereocenters. The number of aliphatic hydroxyl groups is 2. The average Bonchev–Trinajstić information content (AvgIpc) is 1.85. The van der Waals surface area contributed by atoms with Crippen LogP contribution in [0.3, 0.4) is 0 Å². The summed E-state index contributed by atoms with van der Waals surface area (Å²) in [5.74, 6) is 0. The summed E-state index contributed by atoms with van der Waals surface area (Å²) in [6.45, 7) is 4.37. The van der Waals surface area contributed by atoms with Gasteiger partial charge in [0.05, 0.1) is 6.61 Å². The topological polar surface area (TPSA) is 75.7 Å². The number of nitrogens with two attached hydrogens (primary N) is 1. The second-order valence-corrected chi connectivity index (χ2v) is 1.58. The van der Waals surface area contributed by atoms with Gasteiger partial charge >= 0.3 is 0 Å². The number of hydrogen-bond acceptors (Lipinski definition) is 4. The predicted octanol–water partition coefficient (Wildman–Crippen LogP) is -0.701. The van der Waals surface area contributed by atoms with Gasteiger partial charge in [0.25, 0.3) is 0 Å². The maximum Gasteiger partial charge on any atom is 0.151 e. The van der Waals surface area contributed by atoms with E-state index in [0.29, 0.717) is 13.2 Å². The van der Waals surface area contributed by atoms with E-state index >= 15 is 0 Å². The molecule has 0 rings (SSSR count). The zero-order valence-electron chi connectivity index (χ0n) is 6.58. The van der Waals surface area contributed by atoms with Crippen molar-refractivity contribution in [1.29, 1.82) is 0 Å². The Morgan fingerprint density at radius 2 is 2.00 bits per heavy atom. The standard InChI is InChI=1S/C4H11NO2.C2H6O/c1-4(6)7-3-2-5;1-2-3/h4,6H,2-3,5H2,1H3;3H,2H2,1H3. The molecule has 0 bridgehead atoms. The second-order valence-electron chi connectivity index (χ2n) is 1.58. The summed E-state index contributed by atoms with van der Waals surface area (Å²) >= 11 is 0. The Labute approximate surface area is 61.6 Å². The van der Waals surface area contributed by atoms with Gasteiger partial charge in [-0.25, -0.2) is 0 Å². The third kappa shape index (κ3) is 24.9. The Hall–Kier alpha value is -0.160. The SMILES string of the molecule is CC(O)OCCN.CCO. The summed E-state index contributed by atoms with van der Waals surface area (Å²) in [5, 5.41) is 16.0. The first-order valence-corrected chi connectivity index (χ1v) is 3.29. The van der Waals surface area contributed by atoms with Crippen molar-refractivity contribution in [2.24, 2.45) is 5.73 Å². The smallest absolute Gasteiger partial charge is 0.151 e. The predicted molar refractivity (Wildman–Crippen MR) is 39.4 cm³/mol. The molecular weight excluding hydrogens is 134 g/mol. The van der Waals surface area contributed by atoms with Gasteiger partial charge in [0, 0.05) is 13.2 Å². The van der Waals surface area contributed by atoms with Gasteiger partial charge in [-0.3, -0.25) is 0 Å². The summed E-state index contributed by atoms with van der Waals surface area (Å²) in [7, 11) is 0. The Balaban J connectivity index is 0. The summed E-state index contributed by atoms with van der Waals surface area (Å²) in [5.41, 5.74) is 5.04. The van der Waals surface area contributed by atoms with Crippen LogP contribution in [0.1, 0.15) is 13.8 Å². The molecule has 0 aromatic carbocycles. The van der Waals surface area contributed by atoms with Crippen LogP contribution >= 0.6 is 0 Å². The fraction of sp³-hybridized carbons (Fsp3) is 1.00. The van der Waals surface area contributed by atoms with Gasteiger partial charge in [-0.1, -0.05) is 0 Å². The zero-order valence-corrected chi connectivity index (χ0v) is 6.58. The van der Waals surface area contributed by atoms with Crippen LogP contribution in [0.2, 0.25) is 0 Å². The van der Waals surface area contributed by atoms with Crippen LogP contribution in [-0.4, -0.2) is 36.3 Å². The molecule has 0 spiro atoms. The van der Waals surface area contributed by atoms with E-state index in [-0.39, 0.29) is 6.61 Å². The molecule has 0 aliphatic rings. The number of aliphatic hydroxyl groups excluding tert-OH is 2. The Bertz CT molecular complexity index is 50.3. The van der Waals surface area contributed by atoms with E-state index < -0.39 is 6.29 Å². The molecule has 4 N–H and O–H groups in total. The Morgan fingerprint density at radius 1 is 1.60 bits per heavy atom. The molecule has 0 heterocycles. The van der Waals surface area contributed by atoms with Gasteiger partial charge < -0.3 is 20.7 Å². The summed E-state index contributed by atoms with van der Waals surface area (Å²) in [6.07, 6.45) is -0.677. The third-order valence-electron chi connectivity index (χ3n) is 0.477. The fourth-order valence-corrected chi connectivity index (χ4v) is 0.239. The molecule has 0 fully saturated rings. The molecule has 0 aliphatic heterocycles. The van der Waals surface area contributed by atoms with Crippen LogP contribution in [0.4, 0.5) is 0 Å². The summed E-state index contributed by atoms with van der Waals surface area (Å²) in [4.78, 5) is 0. The van der Waals surface area contributed by atoms with Gasteiger partial charge in [-0.2, -0.15) is 0 Å². The van der Waals surface area contributed by atoms with Crippen LogP contribution in [0.25, 0.3) is 0 Å². The van der Waals surface area contributed by atoms with Gasteiger partial charge in [0.15, 0.2) is 6.29 Å². The minimum absolute atomic E-state index is 0.250. The second kappa shape index (κ2) is 11.6. The molecule has 0 saturated heterocycles. The lowest BCUT2D eigenvalue weighted by molar-refractivity contribution is -0.0819. The molecule has 0 amide bonds. The first-order chi connectivity index (χ1) is 4.68. The van der Waals surface area contributed by atoms with E-state index in [1.54, 1.807) is 13.8 Å². The molecule has 0 radical (unpaired) electrons. The first kappa shape index (κ1) is 12.5. The van der Waals surface area contributed by atoms with Crippen LogP contribution in [0.5, 0.6) is 0 Å². The van der Waals surface area contributed by atoms with Crippen molar-refractivity contribution in [3.05, 3.63) is 0 Å². The maximum absolute atomic E-state index is 8.41. The number of rotatable bonds is 3. The molecule has 1 unspecified atom stereocenters.